The minimum Gasteiger partial charge on any atom is -0.339 e. The van der Waals surface area contributed by atoms with E-state index in [0.29, 0.717) is 18.1 Å². The summed E-state index contributed by atoms with van der Waals surface area (Å²) in [5.74, 6) is 1.10. The maximum atomic E-state index is 6.07. The summed E-state index contributed by atoms with van der Waals surface area (Å²) >= 11 is 1.50. The first kappa shape index (κ1) is 12.2. The van der Waals surface area contributed by atoms with Crippen LogP contribution in [0.3, 0.4) is 0 Å². The summed E-state index contributed by atoms with van der Waals surface area (Å²) in [7, 11) is 0. The fourth-order valence-electron chi connectivity index (χ4n) is 1.26. The van der Waals surface area contributed by atoms with Gasteiger partial charge in [0.15, 0.2) is 0 Å². The van der Waals surface area contributed by atoms with Crippen molar-refractivity contribution in [1.82, 2.24) is 15.1 Å². The Balaban J connectivity index is 2.09. The molecule has 92 valence electrons. The van der Waals surface area contributed by atoms with Gasteiger partial charge in [-0.2, -0.15) is 4.98 Å². The molecule has 0 fully saturated rings. The molecule has 2 aromatic rings. The summed E-state index contributed by atoms with van der Waals surface area (Å²) in [4.78, 5) is 8.42. The summed E-state index contributed by atoms with van der Waals surface area (Å²) in [5, 5.41) is 5.78. The van der Waals surface area contributed by atoms with Crippen molar-refractivity contribution >= 4 is 11.3 Å². The molecule has 2 heterocycles. The highest BCUT2D eigenvalue weighted by Crippen LogP contribution is 2.21. The molecular formula is C11H16N4OS. The Morgan fingerprint density at radius 1 is 1.47 bits per heavy atom. The quantitative estimate of drug-likeness (QED) is 0.905. The number of hydrogen-bond acceptors (Lipinski definition) is 6. The molecule has 2 rings (SSSR count). The molecule has 1 atom stereocenters. The summed E-state index contributed by atoms with van der Waals surface area (Å²) in [5.41, 5.74) is 8.58. The fraction of sp³-hybridized carbons (Fsp3) is 0.545. The Morgan fingerprint density at radius 3 is 2.82 bits per heavy atom. The van der Waals surface area contributed by atoms with Crippen molar-refractivity contribution in [2.24, 2.45) is 11.1 Å². The first-order valence-electron chi connectivity index (χ1n) is 5.43. The van der Waals surface area contributed by atoms with Crippen molar-refractivity contribution in [3.8, 4) is 11.5 Å². The molecule has 0 aliphatic heterocycles. The van der Waals surface area contributed by atoms with E-state index in [9.17, 15) is 0 Å². The third kappa shape index (κ3) is 2.89. The van der Waals surface area contributed by atoms with Crippen LogP contribution in [0.25, 0.3) is 11.5 Å². The average molecular weight is 252 g/mol. The van der Waals surface area contributed by atoms with Crippen molar-refractivity contribution in [1.29, 1.82) is 0 Å². The monoisotopic (exact) mass is 252 g/mol. The summed E-state index contributed by atoms with van der Waals surface area (Å²) in [6.45, 7) is 6.28. The van der Waals surface area contributed by atoms with E-state index in [2.05, 4.69) is 35.9 Å². The Kier molecular flexibility index (Phi) is 3.26. The number of thiazole rings is 1. The third-order valence-corrected chi connectivity index (χ3v) is 3.22. The Labute approximate surface area is 104 Å². The molecule has 0 aliphatic carbocycles. The molecule has 0 saturated heterocycles. The van der Waals surface area contributed by atoms with Gasteiger partial charge in [-0.1, -0.05) is 25.9 Å². The van der Waals surface area contributed by atoms with E-state index in [4.69, 9.17) is 10.3 Å². The van der Waals surface area contributed by atoms with Gasteiger partial charge in [-0.05, 0) is 5.41 Å². The van der Waals surface area contributed by atoms with E-state index >= 15 is 0 Å². The van der Waals surface area contributed by atoms with Crippen LogP contribution in [0.15, 0.2) is 15.4 Å². The highest BCUT2D eigenvalue weighted by molar-refractivity contribution is 7.07. The van der Waals surface area contributed by atoms with Gasteiger partial charge in [-0.3, -0.25) is 0 Å². The van der Waals surface area contributed by atoms with Gasteiger partial charge < -0.3 is 10.3 Å². The molecule has 17 heavy (non-hydrogen) atoms. The van der Waals surface area contributed by atoms with E-state index in [0.717, 1.165) is 5.69 Å². The first-order chi connectivity index (χ1) is 7.97. The minimum absolute atomic E-state index is 0.00812. The highest BCUT2D eigenvalue weighted by atomic mass is 32.1. The molecule has 0 radical (unpaired) electrons. The highest BCUT2D eigenvalue weighted by Gasteiger charge is 2.23. The van der Waals surface area contributed by atoms with Gasteiger partial charge in [0.05, 0.1) is 5.51 Å². The number of aromatic nitrogens is 3. The van der Waals surface area contributed by atoms with Crippen LogP contribution in [0.5, 0.6) is 0 Å². The minimum atomic E-state index is -0.00812. The second-order valence-electron chi connectivity index (χ2n) is 5.06. The molecular weight excluding hydrogens is 236 g/mol. The van der Waals surface area contributed by atoms with Crippen LogP contribution in [-0.4, -0.2) is 21.2 Å². The van der Waals surface area contributed by atoms with E-state index in [-0.39, 0.29) is 11.5 Å². The third-order valence-electron chi connectivity index (χ3n) is 2.64. The standard InChI is InChI=1S/C11H16N4OS/c1-11(2,3)8(12)4-9-14-10(15-16-9)7-5-17-6-13-7/h5-6,8H,4,12H2,1-3H3. The lowest BCUT2D eigenvalue weighted by atomic mass is 9.85. The molecule has 0 bridgehead atoms. The maximum absolute atomic E-state index is 6.07. The van der Waals surface area contributed by atoms with Crippen LogP contribution in [0.4, 0.5) is 0 Å². The van der Waals surface area contributed by atoms with Crippen molar-refractivity contribution in [2.75, 3.05) is 0 Å². The second-order valence-corrected chi connectivity index (χ2v) is 5.78. The van der Waals surface area contributed by atoms with Gasteiger partial charge >= 0.3 is 0 Å². The molecule has 0 aliphatic rings. The predicted molar refractivity (Wildman–Crippen MR) is 66.5 cm³/mol. The van der Waals surface area contributed by atoms with Crippen LogP contribution in [0, 0.1) is 5.41 Å². The molecule has 0 saturated carbocycles. The Bertz CT molecular complexity index is 472. The zero-order valence-electron chi connectivity index (χ0n) is 10.2. The van der Waals surface area contributed by atoms with Crippen LogP contribution >= 0.6 is 11.3 Å². The van der Waals surface area contributed by atoms with E-state index in [1.807, 2.05) is 5.38 Å². The summed E-state index contributed by atoms with van der Waals surface area (Å²) in [6.07, 6.45) is 0.584. The Morgan fingerprint density at radius 2 is 2.24 bits per heavy atom. The topological polar surface area (TPSA) is 77.8 Å². The molecule has 0 spiro atoms. The second kappa shape index (κ2) is 4.54. The van der Waals surface area contributed by atoms with Crippen LogP contribution in [0.2, 0.25) is 0 Å². The summed E-state index contributed by atoms with van der Waals surface area (Å²) < 4.78 is 5.18. The average Bonchev–Trinajstić information content (AvgIpc) is 2.83. The number of rotatable bonds is 3. The molecule has 1 unspecified atom stereocenters. The van der Waals surface area contributed by atoms with E-state index in [1.54, 1.807) is 5.51 Å². The van der Waals surface area contributed by atoms with Crippen molar-refractivity contribution in [3.63, 3.8) is 0 Å². The van der Waals surface area contributed by atoms with Gasteiger partial charge in [-0.15, -0.1) is 11.3 Å². The molecule has 2 N–H and O–H groups in total. The van der Waals surface area contributed by atoms with Crippen LogP contribution in [0.1, 0.15) is 26.7 Å². The zero-order chi connectivity index (χ0) is 12.5. The van der Waals surface area contributed by atoms with Crippen molar-refractivity contribution < 1.29 is 4.52 Å². The molecule has 2 aromatic heterocycles. The fourth-order valence-corrected chi connectivity index (χ4v) is 1.79. The summed E-state index contributed by atoms with van der Waals surface area (Å²) in [6, 6.07) is -0.00812. The van der Waals surface area contributed by atoms with Crippen LogP contribution in [-0.2, 0) is 6.42 Å². The molecule has 0 amide bonds. The smallest absolute Gasteiger partial charge is 0.228 e. The van der Waals surface area contributed by atoms with Gasteiger partial charge in [0.2, 0.25) is 11.7 Å². The SMILES string of the molecule is CC(C)(C)C(N)Cc1nc(-c2cscn2)no1. The van der Waals surface area contributed by atoms with Crippen molar-refractivity contribution in [2.45, 2.75) is 33.2 Å². The zero-order valence-corrected chi connectivity index (χ0v) is 11.0. The number of hydrogen-bond donors (Lipinski definition) is 1. The van der Waals surface area contributed by atoms with Crippen LogP contribution < -0.4 is 5.73 Å². The van der Waals surface area contributed by atoms with Gasteiger partial charge in [0, 0.05) is 17.8 Å². The predicted octanol–water partition coefficient (Wildman–Crippen LogP) is 2.11. The first-order valence-corrected chi connectivity index (χ1v) is 6.38. The van der Waals surface area contributed by atoms with Gasteiger partial charge in [0.1, 0.15) is 5.69 Å². The van der Waals surface area contributed by atoms with E-state index < -0.39 is 0 Å². The number of nitrogens with zero attached hydrogens (tertiary/aromatic N) is 3. The lowest BCUT2D eigenvalue weighted by Crippen LogP contribution is -2.36. The number of nitrogens with two attached hydrogens (primary N) is 1. The molecule has 5 nitrogen and oxygen atoms in total. The maximum Gasteiger partial charge on any atom is 0.228 e. The van der Waals surface area contributed by atoms with Crippen molar-refractivity contribution in [3.05, 3.63) is 16.8 Å². The lowest BCUT2D eigenvalue weighted by Gasteiger charge is -2.25. The molecule has 6 heteroatoms. The normalized spacial score (nSPS) is 13.9. The van der Waals surface area contributed by atoms with Gasteiger partial charge in [-0.25, -0.2) is 4.98 Å². The van der Waals surface area contributed by atoms with Gasteiger partial charge in [0.25, 0.3) is 0 Å². The Hall–Kier alpha value is -1.27. The lowest BCUT2D eigenvalue weighted by molar-refractivity contribution is 0.286. The van der Waals surface area contributed by atoms with E-state index in [1.165, 1.54) is 11.3 Å². The largest absolute Gasteiger partial charge is 0.339 e. The molecule has 0 aromatic carbocycles.